The Balaban J connectivity index is 1.62. The number of likely N-dealkylation sites (tertiary alicyclic amines) is 1. The Bertz CT molecular complexity index is 1140. The summed E-state index contributed by atoms with van der Waals surface area (Å²) in [5.41, 5.74) is 10.2. The van der Waals surface area contributed by atoms with E-state index < -0.39 is 5.91 Å². The normalized spacial score (nSPS) is 14.9. The van der Waals surface area contributed by atoms with Crippen LogP contribution < -0.4 is 11.2 Å². The second-order valence-corrected chi connectivity index (χ2v) is 7.83. The summed E-state index contributed by atoms with van der Waals surface area (Å²) in [6, 6.07) is 5.08. The van der Waals surface area contributed by atoms with Gasteiger partial charge in [0.2, 0.25) is 11.6 Å². The van der Waals surface area contributed by atoms with E-state index in [4.69, 9.17) is 28.9 Å². The predicted molar refractivity (Wildman–Crippen MR) is 114 cm³/mol. The SMILES string of the molecule is CC(=NNC(=O)c1c(CN2CCCC2)nnn1-c1nonc1N)c1ccc(Cl)c(Cl)c1. The molecule has 0 unspecified atom stereocenters. The average Bonchev–Trinajstić information content (AvgIpc) is 3.50. The highest BCUT2D eigenvalue weighted by Gasteiger charge is 2.27. The van der Waals surface area contributed by atoms with Crippen molar-refractivity contribution in [1.82, 2.24) is 35.6 Å². The molecule has 1 saturated heterocycles. The molecule has 1 aromatic carbocycles. The molecule has 13 heteroatoms. The number of nitrogen functional groups attached to an aromatic ring is 1. The lowest BCUT2D eigenvalue weighted by molar-refractivity contribution is 0.0945. The number of nitrogens with zero attached hydrogens (tertiary/aromatic N) is 7. The predicted octanol–water partition coefficient (Wildman–Crippen LogP) is 2.29. The molecule has 0 spiro atoms. The largest absolute Gasteiger partial charge is 0.378 e. The zero-order valence-corrected chi connectivity index (χ0v) is 18.1. The van der Waals surface area contributed by atoms with Gasteiger partial charge in [-0.25, -0.2) is 10.1 Å². The highest BCUT2D eigenvalue weighted by Crippen LogP contribution is 2.23. The number of halogens is 2. The van der Waals surface area contributed by atoms with Crippen LogP contribution in [-0.4, -0.2) is 54.9 Å². The van der Waals surface area contributed by atoms with Gasteiger partial charge >= 0.3 is 0 Å². The van der Waals surface area contributed by atoms with Crippen LogP contribution in [0, 0.1) is 0 Å². The van der Waals surface area contributed by atoms with Crippen LogP contribution in [0.3, 0.4) is 0 Å². The Morgan fingerprint density at radius 1 is 1.26 bits per heavy atom. The highest BCUT2D eigenvalue weighted by atomic mass is 35.5. The number of nitrogens with two attached hydrogens (primary N) is 1. The minimum atomic E-state index is -0.527. The Morgan fingerprint density at radius 3 is 2.71 bits per heavy atom. The molecule has 162 valence electrons. The maximum Gasteiger partial charge on any atom is 0.292 e. The molecule has 1 aliphatic heterocycles. The second kappa shape index (κ2) is 9.00. The summed E-state index contributed by atoms with van der Waals surface area (Å²) in [5.74, 6) is -0.460. The first-order chi connectivity index (χ1) is 14.9. The topological polar surface area (TPSA) is 140 Å². The minimum Gasteiger partial charge on any atom is -0.378 e. The molecular formula is C18H19Cl2N9O2. The Kier molecular flexibility index (Phi) is 6.16. The number of hydrogen-bond donors (Lipinski definition) is 2. The number of benzene rings is 1. The van der Waals surface area contributed by atoms with Crippen LogP contribution in [0.1, 0.15) is 41.5 Å². The van der Waals surface area contributed by atoms with E-state index in [1.165, 1.54) is 4.68 Å². The van der Waals surface area contributed by atoms with Gasteiger partial charge in [-0.15, -0.1) is 5.10 Å². The maximum absolute atomic E-state index is 13.1. The molecule has 0 radical (unpaired) electrons. The van der Waals surface area contributed by atoms with Crippen molar-refractivity contribution in [3.63, 3.8) is 0 Å². The van der Waals surface area contributed by atoms with Crippen molar-refractivity contribution in [1.29, 1.82) is 0 Å². The van der Waals surface area contributed by atoms with Crippen molar-refractivity contribution in [3.8, 4) is 5.82 Å². The minimum absolute atomic E-state index is 0.0119. The monoisotopic (exact) mass is 463 g/mol. The summed E-state index contributed by atoms with van der Waals surface area (Å²) in [7, 11) is 0. The molecule has 3 N–H and O–H groups in total. The number of aromatic nitrogens is 5. The fourth-order valence-electron chi connectivity index (χ4n) is 3.26. The molecule has 3 aromatic rings. The number of hydrogen-bond acceptors (Lipinski definition) is 9. The summed E-state index contributed by atoms with van der Waals surface area (Å²) < 4.78 is 5.85. The maximum atomic E-state index is 13.1. The first-order valence-corrected chi connectivity index (χ1v) is 10.2. The third-order valence-electron chi connectivity index (χ3n) is 4.89. The zero-order valence-electron chi connectivity index (χ0n) is 16.5. The average molecular weight is 464 g/mol. The lowest BCUT2D eigenvalue weighted by Crippen LogP contribution is -2.26. The molecule has 3 heterocycles. The molecule has 31 heavy (non-hydrogen) atoms. The molecule has 2 aromatic heterocycles. The smallest absolute Gasteiger partial charge is 0.292 e. The summed E-state index contributed by atoms with van der Waals surface area (Å²) in [6.07, 6.45) is 2.20. The number of rotatable bonds is 6. The van der Waals surface area contributed by atoms with E-state index in [2.05, 4.69) is 40.7 Å². The van der Waals surface area contributed by atoms with Crippen molar-refractivity contribution in [2.45, 2.75) is 26.3 Å². The molecule has 0 bridgehead atoms. The number of carbonyl (C=O) groups is 1. The van der Waals surface area contributed by atoms with Crippen molar-refractivity contribution in [2.24, 2.45) is 5.10 Å². The molecular weight excluding hydrogens is 445 g/mol. The Hall–Kier alpha value is -3.02. The van der Waals surface area contributed by atoms with Crippen LogP contribution in [0.25, 0.3) is 5.82 Å². The van der Waals surface area contributed by atoms with Crippen LogP contribution >= 0.6 is 23.2 Å². The summed E-state index contributed by atoms with van der Waals surface area (Å²) in [6.45, 7) is 4.05. The van der Waals surface area contributed by atoms with E-state index in [0.717, 1.165) is 25.9 Å². The first kappa shape index (κ1) is 21.2. The van der Waals surface area contributed by atoms with Gasteiger partial charge in [0.25, 0.3) is 5.91 Å². The molecule has 1 aliphatic rings. The van der Waals surface area contributed by atoms with Crippen LogP contribution in [0.5, 0.6) is 0 Å². The summed E-state index contributed by atoms with van der Waals surface area (Å²) in [4.78, 5) is 15.3. The van der Waals surface area contributed by atoms with Gasteiger partial charge in [0, 0.05) is 6.54 Å². The van der Waals surface area contributed by atoms with Gasteiger partial charge in [0.15, 0.2) is 5.69 Å². The lowest BCUT2D eigenvalue weighted by atomic mass is 10.1. The number of anilines is 1. The van der Waals surface area contributed by atoms with Crippen LogP contribution in [-0.2, 0) is 6.54 Å². The fourth-order valence-corrected chi connectivity index (χ4v) is 3.56. The third-order valence-corrected chi connectivity index (χ3v) is 5.62. The quantitative estimate of drug-likeness (QED) is 0.418. The van der Waals surface area contributed by atoms with E-state index in [-0.39, 0.29) is 17.3 Å². The Labute approximate surface area is 187 Å². The van der Waals surface area contributed by atoms with Gasteiger partial charge in [0.05, 0.1) is 15.8 Å². The summed E-state index contributed by atoms with van der Waals surface area (Å²) in [5, 5.41) is 20.5. The number of carbonyl (C=O) groups excluding carboxylic acids is 1. The number of amides is 1. The molecule has 1 amide bonds. The third kappa shape index (κ3) is 4.53. The molecule has 0 saturated carbocycles. The zero-order chi connectivity index (χ0) is 22.0. The molecule has 0 aliphatic carbocycles. The van der Waals surface area contributed by atoms with Crippen LogP contribution in [0.2, 0.25) is 10.0 Å². The first-order valence-electron chi connectivity index (χ1n) is 9.49. The van der Waals surface area contributed by atoms with E-state index in [1.807, 2.05) is 0 Å². The van der Waals surface area contributed by atoms with Gasteiger partial charge in [-0.05, 0) is 60.9 Å². The van der Waals surface area contributed by atoms with E-state index in [1.54, 1.807) is 25.1 Å². The van der Waals surface area contributed by atoms with Gasteiger partial charge in [-0.2, -0.15) is 9.78 Å². The van der Waals surface area contributed by atoms with Crippen molar-refractivity contribution < 1.29 is 9.42 Å². The van der Waals surface area contributed by atoms with Gasteiger partial charge in [0.1, 0.15) is 5.69 Å². The van der Waals surface area contributed by atoms with Gasteiger partial charge in [-0.1, -0.05) is 34.5 Å². The van der Waals surface area contributed by atoms with E-state index in [0.29, 0.717) is 33.6 Å². The lowest BCUT2D eigenvalue weighted by Gasteiger charge is -2.13. The number of nitrogens with one attached hydrogen (secondary N) is 1. The van der Waals surface area contributed by atoms with E-state index >= 15 is 0 Å². The van der Waals surface area contributed by atoms with Crippen molar-refractivity contribution in [3.05, 3.63) is 45.2 Å². The molecule has 11 nitrogen and oxygen atoms in total. The molecule has 1 fully saturated rings. The van der Waals surface area contributed by atoms with Crippen molar-refractivity contribution >= 4 is 40.6 Å². The van der Waals surface area contributed by atoms with Gasteiger partial charge < -0.3 is 5.73 Å². The summed E-state index contributed by atoms with van der Waals surface area (Å²) >= 11 is 12.0. The standard InChI is InChI=1S/C18H19Cl2N9O2/c1-10(11-4-5-12(19)13(20)8-11)22-24-18(30)15-14(9-28-6-2-3-7-28)23-27-29(15)17-16(21)25-31-26-17/h4-5,8H,2-3,6-7,9H2,1H3,(H2,21,25)(H,24,30). The second-order valence-electron chi connectivity index (χ2n) is 7.02. The number of hydrazone groups is 1. The van der Waals surface area contributed by atoms with E-state index in [9.17, 15) is 4.79 Å². The molecule has 4 rings (SSSR count). The fraction of sp³-hybridized carbons (Fsp3) is 0.333. The van der Waals surface area contributed by atoms with Crippen LogP contribution in [0.15, 0.2) is 27.9 Å². The van der Waals surface area contributed by atoms with Gasteiger partial charge in [-0.3, -0.25) is 9.69 Å². The molecule has 0 atom stereocenters. The van der Waals surface area contributed by atoms with Crippen LogP contribution in [0.4, 0.5) is 5.82 Å². The highest BCUT2D eigenvalue weighted by molar-refractivity contribution is 6.42. The Morgan fingerprint density at radius 2 is 2.03 bits per heavy atom. The van der Waals surface area contributed by atoms with Crippen molar-refractivity contribution in [2.75, 3.05) is 18.8 Å².